The smallest absolute Gasteiger partial charge is 0.238 e. The molecule has 0 fully saturated rings. The van der Waals surface area contributed by atoms with Gasteiger partial charge in [0, 0.05) is 0 Å². The van der Waals surface area contributed by atoms with Crippen molar-refractivity contribution in [3.05, 3.63) is 59.7 Å². The van der Waals surface area contributed by atoms with Crippen molar-refractivity contribution < 1.29 is 13.2 Å². The van der Waals surface area contributed by atoms with Gasteiger partial charge in [0.1, 0.15) is 12.4 Å². The van der Waals surface area contributed by atoms with E-state index in [1.165, 1.54) is 12.1 Å². The zero-order valence-electron chi connectivity index (χ0n) is 10.5. The van der Waals surface area contributed by atoms with Crippen molar-refractivity contribution in [1.29, 1.82) is 0 Å². The molecule has 0 spiro atoms. The van der Waals surface area contributed by atoms with E-state index in [1.54, 1.807) is 12.1 Å². The molecule has 0 atom stereocenters. The van der Waals surface area contributed by atoms with Crippen LogP contribution in [0.1, 0.15) is 11.1 Å². The standard InChI is InChI=1S/C14H15NO3S/c1-11-4-2-3-5-12(11)10-18-13-6-8-14(9-7-13)19(15,16)17/h2-9H,10H2,1H3,(H2,15,16,17). The SMILES string of the molecule is Cc1ccccc1COc1ccc(S(N)(=O)=O)cc1. The average Bonchev–Trinajstić information content (AvgIpc) is 2.37. The number of nitrogens with two attached hydrogens (primary N) is 1. The summed E-state index contributed by atoms with van der Waals surface area (Å²) in [5, 5.41) is 5.02. The predicted molar refractivity (Wildman–Crippen MR) is 73.3 cm³/mol. The monoisotopic (exact) mass is 277 g/mol. The highest BCUT2D eigenvalue weighted by Crippen LogP contribution is 2.17. The quantitative estimate of drug-likeness (QED) is 0.931. The summed E-state index contributed by atoms with van der Waals surface area (Å²) >= 11 is 0. The fraction of sp³-hybridized carbons (Fsp3) is 0.143. The highest BCUT2D eigenvalue weighted by molar-refractivity contribution is 7.89. The minimum absolute atomic E-state index is 0.0794. The van der Waals surface area contributed by atoms with Crippen LogP contribution in [0, 0.1) is 6.92 Å². The Labute approximate surface area is 112 Å². The number of hydrogen-bond acceptors (Lipinski definition) is 3. The normalized spacial score (nSPS) is 11.3. The molecule has 0 saturated carbocycles. The third-order valence-electron chi connectivity index (χ3n) is 2.81. The first kappa shape index (κ1) is 13.6. The first-order chi connectivity index (χ1) is 8.97. The molecule has 2 aromatic carbocycles. The molecular weight excluding hydrogens is 262 g/mol. The molecule has 0 bridgehead atoms. The summed E-state index contributed by atoms with van der Waals surface area (Å²) in [5.41, 5.74) is 2.25. The lowest BCUT2D eigenvalue weighted by molar-refractivity contribution is 0.305. The van der Waals surface area contributed by atoms with Crippen LogP contribution in [0.5, 0.6) is 5.75 Å². The number of aryl methyl sites for hydroxylation is 1. The Morgan fingerprint density at radius 3 is 2.26 bits per heavy atom. The van der Waals surface area contributed by atoms with Gasteiger partial charge in [-0.25, -0.2) is 13.6 Å². The largest absolute Gasteiger partial charge is 0.489 e. The van der Waals surface area contributed by atoms with E-state index in [2.05, 4.69) is 0 Å². The van der Waals surface area contributed by atoms with Crippen LogP contribution in [-0.4, -0.2) is 8.42 Å². The van der Waals surface area contributed by atoms with Crippen molar-refractivity contribution in [2.24, 2.45) is 5.14 Å². The number of primary sulfonamides is 1. The first-order valence-electron chi connectivity index (χ1n) is 5.77. The summed E-state index contributed by atoms with van der Waals surface area (Å²) in [5.74, 6) is 0.607. The highest BCUT2D eigenvalue weighted by atomic mass is 32.2. The molecule has 0 aromatic heterocycles. The van der Waals surface area contributed by atoms with Crippen molar-refractivity contribution in [3.8, 4) is 5.75 Å². The first-order valence-corrected chi connectivity index (χ1v) is 7.31. The van der Waals surface area contributed by atoms with Crippen LogP contribution in [0.4, 0.5) is 0 Å². The second kappa shape index (κ2) is 5.42. The number of ether oxygens (including phenoxy) is 1. The lowest BCUT2D eigenvalue weighted by atomic mass is 10.1. The van der Waals surface area contributed by atoms with Gasteiger partial charge in [0.15, 0.2) is 0 Å². The molecule has 4 nitrogen and oxygen atoms in total. The van der Waals surface area contributed by atoms with Gasteiger partial charge in [-0.3, -0.25) is 0 Å². The summed E-state index contributed by atoms with van der Waals surface area (Å²) in [6, 6.07) is 14.0. The summed E-state index contributed by atoms with van der Waals surface area (Å²) in [4.78, 5) is 0.0794. The number of sulfonamides is 1. The van der Waals surface area contributed by atoms with Crippen LogP contribution < -0.4 is 9.88 Å². The van der Waals surface area contributed by atoms with Crippen LogP contribution in [0.15, 0.2) is 53.4 Å². The molecule has 0 aliphatic rings. The van der Waals surface area contributed by atoms with Crippen molar-refractivity contribution in [1.82, 2.24) is 0 Å². The van der Waals surface area contributed by atoms with E-state index in [0.29, 0.717) is 12.4 Å². The van der Waals surface area contributed by atoms with Gasteiger partial charge in [-0.05, 0) is 42.3 Å². The van der Waals surface area contributed by atoms with Gasteiger partial charge < -0.3 is 4.74 Å². The molecule has 5 heteroatoms. The molecule has 2 rings (SSSR count). The average molecular weight is 277 g/mol. The third-order valence-corrected chi connectivity index (χ3v) is 3.74. The summed E-state index contributed by atoms with van der Waals surface area (Å²) < 4.78 is 27.8. The molecule has 0 aliphatic carbocycles. The number of benzene rings is 2. The Hall–Kier alpha value is -1.85. The van der Waals surface area contributed by atoms with Gasteiger partial charge in [0.2, 0.25) is 10.0 Å². The fourth-order valence-corrected chi connectivity index (χ4v) is 2.17. The van der Waals surface area contributed by atoms with Gasteiger partial charge in [-0.1, -0.05) is 24.3 Å². The molecular formula is C14H15NO3S. The van der Waals surface area contributed by atoms with Crippen LogP contribution in [-0.2, 0) is 16.6 Å². The Kier molecular flexibility index (Phi) is 3.87. The molecule has 100 valence electrons. The Bertz CT molecular complexity index is 663. The lowest BCUT2D eigenvalue weighted by Crippen LogP contribution is -2.11. The van der Waals surface area contributed by atoms with E-state index in [4.69, 9.17) is 9.88 Å². The third kappa shape index (κ3) is 3.56. The maximum absolute atomic E-state index is 11.1. The van der Waals surface area contributed by atoms with Gasteiger partial charge in [-0.15, -0.1) is 0 Å². The zero-order valence-corrected chi connectivity index (χ0v) is 11.4. The van der Waals surface area contributed by atoms with Crippen molar-refractivity contribution >= 4 is 10.0 Å². The van der Waals surface area contributed by atoms with Crippen molar-refractivity contribution in [2.45, 2.75) is 18.4 Å². The molecule has 2 N–H and O–H groups in total. The fourth-order valence-electron chi connectivity index (χ4n) is 1.66. The van der Waals surface area contributed by atoms with Gasteiger partial charge >= 0.3 is 0 Å². The maximum Gasteiger partial charge on any atom is 0.238 e. The Balaban J connectivity index is 2.07. The maximum atomic E-state index is 11.1. The molecule has 19 heavy (non-hydrogen) atoms. The highest BCUT2D eigenvalue weighted by Gasteiger charge is 2.07. The number of hydrogen-bond donors (Lipinski definition) is 1. The van der Waals surface area contributed by atoms with Gasteiger partial charge in [0.05, 0.1) is 4.90 Å². The van der Waals surface area contributed by atoms with E-state index in [0.717, 1.165) is 11.1 Å². The molecule has 0 amide bonds. The van der Waals surface area contributed by atoms with Crippen molar-refractivity contribution in [2.75, 3.05) is 0 Å². The summed E-state index contributed by atoms with van der Waals surface area (Å²) in [7, 11) is -3.65. The van der Waals surface area contributed by atoms with E-state index in [-0.39, 0.29) is 4.90 Å². The van der Waals surface area contributed by atoms with E-state index in [1.807, 2.05) is 31.2 Å². The van der Waals surface area contributed by atoms with Crippen LogP contribution >= 0.6 is 0 Å². The second-order valence-corrected chi connectivity index (χ2v) is 5.79. The van der Waals surface area contributed by atoms with Gasteiger partial charge in [0.25, 0.3) is 0 Å². The van der Waals surface area contributed by atoms with E-state index < -0.39 is 10.0 Å². The van der Waals surface area contributed by atoms with Crippen LogP contribution in [0.2, 0.25) is 0 Å². The second-order valence-electron chi connectivity index (χ2n) is 4.23. The van der Waals surface area contributed by atoms with E-state index >= 15 is 0 Å². The zero-order chi connectivity index (χ0) is 13.9. The van der Waals surface area contributed by atoms with Crippen LogP contribution in [0.3, 0.4) is 0 Å². The molecule has 0 aliphatic heterocycles. The minimum atomic E-state index is -3.65. The van der Waals surface area contributed by atoms with Crippen LogP contribution in [0.25, 0.3) is 0 Å². The molecule has 0 radical (unpaired) electrons. The van der Waals surface area contributed by atoms with Gasteiger partial charge in [-0.2, -0.15) is 0 Å². The number of rotatable bonds is 4. The minimum Gasteiger partial charge on any atom is -0.489 e. The topological polar surface area (TPSA) is 69.4 Å². The van der Waals surface area contributed by atoms with E-state index in [9.17, 15) is 8.42 Å². The molecule has 0 unspecified atom stereocenters. The van der Waals surface area contributed by atoms with Crippen molar-refractivity contribution in [3.63, 3.8) is 0 Å². The Morgan fingerprint density at radius 2 is 1.68 bits per heavy atom. The predicted octanol–water partition coefficient (Wildman–Crippen LogP) is 2.22. The summed E-state index contributed by atoms with van der Waals surface area (Å²) in [6.45, 7) is 2.46. The molecule has 2 aromatic rings. The summed E-state index contributed by atoms with van der Waals surface area (Å²) in [6.07, 6.45) is 0. The Morgan fingerprint density at radius 1 is 1.05 bits per heavy atom. The molecule has 0 saturated heterocycles. The lowest BCUT2D eigenvalue weighted by Gasteiger charge is -2.08. The molecule has 0 heterocycles.